The zero-order valence-corrected chi connectivity index (χ0v) is 24.4. The summed E-state index contributed by atoms with van der Waals surface area (Å²) < 4.78 is 38.8. The van der Waals surface area contributed by atoms with Gasteiger partial charge in [-0.1, -0.05) is 127 Å². The molecule has 1 saturated heterocycles. The minimum atomic E-state index is -0.718. The largest absolute Gasteiger partial charge is 0.374 e. The third-order valence-electron chi connectivity index (χ3n) is 7.22. The van der Waals surface area contributed by atoms with Crippen molar-refractivity contribution in [2.24, 2.45) is 0 Å². The van der Waals surface area contributed by atoms with Crippen LogP contribution in [0, 0.1) is 0 Å². The van der Waals surface area contributed by atoms with Crippen LogP contribution in [0.2, 0.25) is 0 Å². The number of ether oxygens (including phenoxy) is 6. The van der Waals surface area contributed by atoms with Crippen LogP contribution >= 0.6 is 0 Å². The van der Waals surface area contributed by atoms with Gasteiger partial charge in [-0.3, -0.25) is 0 Å². The van der Waals surface area contributed by atoms with Gasteiger partial charge in [0.2, 0.25) is 0 Å². The van der Waals surface area contributed by atoms with E-state index in [1.807, 2.05) is 121 Å². The highest BCUT2D eigenvalue weighted by Gasteiger charge is 2.49. The number of benzene rings is 4. The van der Waals surface area contributed by atoms with Gasteiger partial charge in [0.25, 0.3) is 0 Å². The van der Waals surface area contributed by atoms with Crippen LogP contribution in [-0.4, -0.2) is 43.9 Å². The highest BCUT2D eigenvalue weighted by Crippen LogP contribution is 2.31. The van der Waals surface area contributed by atoms with Gasteiger partial charge in [-0.05, 0) is 22.3 Å². The molecule has 0 aromatic heterocycles. The molecule has 1 aliphatic heterocycles. The summed E-state index contributed by atoms with van der Waals surface area (Å²) in [7, 11) is 0. The predicted octanol–water partition coefficient (Wildman–Crippen LogP) is 6.89. The molecule has 0 bridgehead atoms. The van der Waals surface area contributed by atoms with Gasteiger partial charge in [-0.25, -0.2) is 0 Å². The van der Waals surface area contributed by atoms with E-state index in [1.54, 1.807) is 6.08 Å². The van der Waals surface area contributed by atoms with Crippen molar-refractivity contribution in [3.63, 3.8) is 0 Å². The third-order valence-corrected chi connectivity index (χ3v) is 7.22. The maximum atomic E-state index is 6.68. The van der Waals surface area contributed by atoms with Gasteiger partial charge in [-0.2, -0.15) is 0 Å². The summed E-state index contributed by atoms with van der Waals surface area (Å²) in [5, 5.41) is 0. The molecule has 6 nitrogen and oxygen atoms in total. The Labute approximate surface area is 254 Å². The van der Waals surface area contributed by atoms with Gasteiger partial charge in [0, 0.05) is 0 Å². The number of hydrogen-bond acceptors (Lipinski definition) is 6. The first-order chi connectivity index (χ1) is 21.3. The Kier molecular flexibility index (Phi) is 12.1. The first kappa shape index (κ1) is 30.8. The van der Waals surface area contributed by atoms with Crippen molar-refractivity contribution in [3.8, 4) is 0 Å². The molecule has 4 aromatic rings. The second-order valence-electron chi connectivity index (χ2n) is 10.4. The van der Waals surface area contributed by atoms with Gasteiger partial charge in [0.15, 0.2) is 6.29 Å². The van der Waals surface area contributed by atoms with Crippen LogP contribution in [0.3, 0.4) is 0 Å². The normalized spacial score (nSPS) is 21.8. The Morgan fingerprint density at radius 2 is 0.930 bits per heavy atom. The fraction of sp³-hybridized carbons (Fsp3) is 0.297. The van der Waals surface area contributed by atoms with Gasteiger partial charge >= 0.3 is 0 Å². The average molecular weight is 581 g/mol. The Morgan fingerprint density at radius 1 is 0.512 bits per heavy atom. The zero-order valence-electron chi connectivity index (χ0n) is 24.4. The molecule has 0 saturated carbocycles. The van der Waals surface area contributed by atoms with Gasteiger partial charge < -0.3 is 28.4 Å². The summed E-state index contributed by atoms with van der Waals surface area (Å²) >= 11 is 0. The highest BCUT2D eigenvalue weighted by atomic mass is 16.7. The molecule has 0 radical (unpaired) electrons. The first-order valence-electron chi connectivity index (χ1n) is 14.8. The minimum absolute atomic E-state index is 0.291. The van der Waals surface area contributed by atoms with Crippen molar-refractivity contribution < 1.29 is 28.4 Å². The van der Waals surface area contributed by atoms with E-state index in [0.717, 1.165) is 22.3 Å². The molecule has 0 unspecified atom stereocenters. The second kappa shape index (κ2) is 16.9. The quantitative estimate of drug-likeness (QED) is 0.135. The SMILES string of the molecule is C=CCO[C@H]1O[C@H](COCc2ccccc2)[C@H](OCc2ccccc2)[C@H](OCc2ccccc2)[C@H]1OCc1ccccc1. The van der Waals surface area contributed by atoms with Crippen molar-refractivity contribution in [2.75, 3.05) is 13.2 Å². The molecule has 5 rings (SSSR count). The highest BCUT2D eigenvalue weighted by molar-refractivity contribution is 5.16. The fourth-order valence-corrected chi connectivity index (χ4v) is 5.04. The summed E-state index contributed by atoms with van der Waals surface area (Å²) in [6.07, 6.45) is -1.07. The molecule has 0 N–H and O–H groups in total. The Balaban J connectivity index is 1.41. The standard InChI is InChI=1S/C37H40O6/c1-2-23-39-37-36(42-27-32-21-13-6-14-22-32)35(41-26-31-19-11-5-12-20-31)34(40-25-30-17-9-4-10-18-30)33(43-37)28-38-24-29-15-7-3-8-16-29/h2-22,33-37H,1,23-28H2/t33-,34+,35+,36-,37+/m1/s1. The fourth-order valence-electron chi connectivity index (χ4n) is 5.04. The van der Waals surface area contributed by atoms with E-state index in [9.17, 15) is 0 Å². The lowest BCUT2D eigenvalue weighted by molar-refractivity contribution is -0.326. The lowest BCUT2D eigenvalue weighted by Crippen LogP contribution is -2.61. The van der Waals surface area contributed by atoms with E-state index in [2.05, 4.69) is 6.58 Å². The Bertz CT molecular complexity index is 1320. The first-order valence-corrected chi connectivity index (χ1v) is 14.8. The molecular weight excluding hydrogens is 540 g/mol. The molecule has 0 spiro atoms. The monoisotopic (exact) mass is 580 g/mol. The molecule has 5 atom stereocenters. The lowest BCUT2D eigenvalue weighted by atomic mass is 9.97. The molecule has 6 heteroatoms. The lowest BCUT2D eigenvalue weighted by Gasteiger charge is -2.45. The molecule has 1 heterocycles. The summed E-state index contributed by atoms with van der Waals surface area (Å²) in [5.74, 6) is 0. The molecule has 1 fully saturated rings. The van der Waals surface area contributed by atoms with E-state index >= 15 is 0 Å². The predicted molar refractivity (Wildman–Crippen MR) is 166 cm³/mol. The van der Waals surface area contributed by atoms with Crippen LogP contribution in [0.5, 0.6) is 0 Å². The van der Waals surface area contributed by atoms with Crippen LogP contribution < -0.4 is 0 Å². The summed E-state index contributed by atoms with van der Waals surface area (Å²) in [6.45, 7) is 6.02. The van der Waals surface area contributed by atoms with E-state index in [1.165, 1.54) is 0 Å². The molecule has 43 heavy (non-hydrogen) atoms. The topological polar surface area (TPSA) is 55.4 Å². The van der Waals surface area contributed by atoms with Crippen molar-refractivity contribution in [1.29, 1.82) is 0 Å². The summed E-state index contributed by atoms with van der Waals surface area (Å²) in [6, 6.07) is 40.3. The van der Waals surface area contributed by atoms with Gasteiger partial charge in [-0.15, -0.1) is 6.58 Å². The van der Waals surface area contributed by atoms with Gasteiger partial charge in [0.05, 0.1) is 39.6 Å². The van der Waals surface area contributed by atoms with E-state index in [-0.39, 0.29) is 0 Å². The van der Waals surface area contributed by atoms with Crippen LogP contribution in [0.15, 0.2) is 134 Å². The van der Waals surface area contributed by atoms with E-state index in [0.29, 0.717) is 39.6 Å². The maximum absolute atomic E-state index is 6.68. The summed E-state index contributed by atoms with van der Waals surface area (Å²) in [5.41, 5.74) is 4.24. The molecule has 0 aliphatic carbocycles. The van der Waals surface area contributed by atoms with Crippen molar-refractivity contribution >= 4 is 0 Å². The van der Waals surface area contributed by atoms with E-state index in [4.69, 9.17) is 28.4 Å². The number of hydrogen-bond donors (Lipinski definition) is 0. The van der Waals surface area contributed by atoms with Crippen LogP contribution in [-0.2, 0) is 54.8 Å². The molecule has 224 valence electrons. The molecular formula is C37H40O6. The zero-order chi connectivity index (χ0) is 29.5. The van der Waals surface area contributed by atoms with Crippen molar-refractivity contribution in [3.05, 3.63) is 156 Å². The van der Waals surface area contributed by atoms with Crippen LogP contribution in [0.25, 0.3) is 0 Å². The molecule has 4 aromatic carbocycles. The molecule has 0 amide bonds. The average Bonchev–Trinajstić information content (AvgIpc) is 3.07. The van der Waals surface area contributed by atoms with Crippen molar-refractivity contribution in [1.82, 2.24) is 0 Å². The van der Waals surface area contributed by atoms with Gasteiger partial charge in [0.1, 0.15) is 24.4 Å². The molecule has 1 aliphatic rings. The maximum Gasteiger partial charge on any atom is 0.187 e. The van der Waals surface area contributed by atoms with E-state index < -0.39 is 30.7 Å². The minimum Gasteiger partial charge on any atom is -0.374 e. The van der Waals surface area contributed by atoms with Crippen molar-refractivity contribution in [2.45, 2.75) is 57.1 Å². The second-order valence-corrected chi connectivity index (χ2v) is 10.4. The third kappa shape index (κ3) is 9.43. The van der Waals surface area contributed by atoms with Crippen LogP contribution in [0.1, 0.15) is 22.3 Å². The Morgan fingerprint density at radius 3 is 1.40 bits per heavy atom. The number of rotatable bonds is 16. The Hall–Kier alpha value is -3.62. The smallest absolute Gasteiger partial charge is 0.187 e. The van der Waals surface area contributed by atoms with Crippen LogP contribution in [0.4, 0.5) is 0 Å². The summed E-state index contributed by atoms with van der Waals surface area (Å²) in [4.78, 5) is 0.